The van der Waals surface area contributed by atoms with E-state index in [4.69, 9.17) is 0 Å². The van der Waals surface area contributed by atoms with Crippen molar-refractivity contribution >= 4 is 21.6 Å². The highest BCUT2D eigenvalue weighted by Gasteiger charge is 2.40. The van der Waals surface area contributed by atoms with Crippen molar-refractivity contribution in [2.75, 3.05) is 6.54 Å². The Morgan fingerprint density at radius 3 is 2.45 bits per heavy atom. The van der Waals surface area contributed by atoms with Crippen molar-refractivity contribution in [1.82, 2.24) is 5.32 Å². The smallest absolute Gasteiger partial charge is 0.270 e. The van der Waals surface area contributed by atoms with Crippen molar-refractivity contribution in [1.29, 1.82) is 0 Å². The van der Waals surface area contributed by atoms with Gasteiger partial charge in [-0.1, -0.05) is 15.9 Å². The van der Waals surface area contributed by atoms with Gasteiger partial charge in [0.15, 0.2) is 0 Å². The van der Waals surface area contributed by atoms with Gasteiger partial charge in [-0.15, -0.1) is 0 Å². The van der Waals surface area contributed by atoms with Gasteiger partial charge in [-0.25, -0.2) is 0 Å². The van der Waals surface area contributed by atoms with Crippen LogP contribution in [0.15, 0.2) is 22.7 Å². The summed E-state index contributed by atoms with van der Waals surface area (Å²) in [6.45, 7) is 1.85. The van der Waals surface area contributed by atoms with Crippen molar-refractivity contribution in [3.8, 4) is 0 Å². The molecule has 0 saturated heterocycles. The molecular formula is C15H19BrN2O2. The molecule has 0 radical (unpaired) electrons. The summed E-state index contributed by atoms with van der Waals surface area (Å²) in [5.74, 6) is 2.76. The van der Waals surface area contributed by atoms with Gasteiger partial charge < -0.3 is 5.32 Å². The third-order valence-electron chi connectivity index (χ3n) is 4.40. The molecule has 1 aromatic rings. The van der Waals surface area contributed by atoms with Gasteiger partial charge in [0.25, 0.3) is 5.69 Å². The molecule has 2 saturated carbocycles. The van der Waals surface area contributed by atoms with Crippen LogP contribution in [0.1, 0.15) is 31.2 Å². The SMILES string of the molecule is O=[N+]([O-])c1ccc(CNCC(C2CC2)C2CC2)c(Br)c1. The number of halogens is 1. The van der Waals surface area contributed by atoms with E-state index in [1.54, 1.807) is 12.1 Å². The predicted molar refractivity (Wildman–Crippen MR) is 81.4 cm³/mol. The van der Waals surface area contributed by atoms with Crippen molar-refractivity contribution in [3.05, 3.63) is 38.3 Å². The second kappa shape index (κ2) is 5.82. The normalized spacial score (nSPS) is 18.5. The minimum atomic E-state index is -0.363. The molecule has 20 heavy (non-hydrogen) atoms. The van der Waals surface area contributed by atoms with Crippen LogP contribution in [0.2, 0.25) is 0 Å². The van der Waals surface area contributed by atoms with Gasteiger partial charge in [0.05, 0.1) is 4.92 Å². The fraction of sp³-hybridized carbons (Fsp3) is 0.600. The minimum absolute atomic E-state index is 0.134. The summed E-state index contributed by atoms with van der Waals surface area (Å²) in [6, 6.07) is 4.98. The maximum atomic E-state index is 10.7. The van der Waals surface area contributed by atoms with E-state index in [-0.39, 0.29) is 10.6 Å². The van der Waals surface area contributed by atoms with Crippen molar-refractivity contribution in [3.63, 3.8) is 0 Å². The molecule has 0 bridgehead atoms. The van der Waals surface area contributed by atoms with Crippen LogP contribution in [0.5, 0.6) is 0 Å². The number of nitro benzene ring substituents is 1. The summed E-state index contributed by atoms with van der Waals surface area (Å²) in [5.41, 5.74) is 1.22. The largest absolute Gasteiger partial charge is 0.312 e. The highest BCUT2D eigenvalue weighted by Crippen LogP contribution is 2.48. The molecule has 3 rings (SSSR count). The second-order valence-electron chi connectivity index (χ2n) is 6.00. The van der Waals surface area contributed by atoms with E-state index >= 15 is 0 Å². The lowest BCUT2D eigenvalue weighted by atomic mass is 9.98. The van der Waals surface area contributed by atoms with E-state index in [0.717, 1.165) is 40.9 Å². The molecule has 2 fully saturated rings. The maximum absolute atomic E-state index is 10.7. The second-order valence-corrected chi connectivity index (χ2v) is 6.86. The molecule has 0 unspecified atom stereocenters. The molecule has 0 aromatic heterocycles. The zero-order chi connectivity index (χ0) is 14.1. The molecular weight excluding hydrogens is 320 g/mol. The van der Waals surface area contributed by atoms with E-state index in [1.807, 2.05) is 6.07 Å². The fourth-order valence-electron chi connectivity index (χ4n) is 2.93. The quantitative estimate of drug-likeness (QED) is 0.606. The van der Waals surface area contributed by atoms with Crippen molar-refractivity contribution in [2.45, 2.75) is 32.2 Å². The molecule has 1 N–H and O–H groups in total. The highest BCUT2D eigenvalue weighted by molar-refractivity contribution is 9.10. The molecule has 0 aliphatic heterocycles. The molecule has 0 atom stereocenters. The van der Waals surface area contributed by atoms with Crippen LogP contribution in [0, 0.1) is 27.9 Å². The Bertz CT molecular complexity index is 501. The van der Waals surface area contributed by atoms with Gasteiger partial charge in [-0.3, -0.25) is 10.1 Å². The molecule has 0 amide bonds. The number of rotatable bonds is 7. The number of hydrogen-bond acceptors (Lipinski definition) is 3. The van der Waals surface area contributed by atoms with Crippen LogP contribution in [-0.4, -0.2) is 11.5 Å². The Hall–Kier alpha value is -0.940. The number of hydrogen-bond donors (Lipinski definition) is 1. The molecule has 4 nitrogen and oxygen atoms in total. The Balaban J connectivity index is 1.53. The topological polar surface area (TPSA) is 55.2 Å². The lowest BCUT2D eigenvalue weighted by molar-refractivity contribution is -0.384. The standard InChI is InChI=1S/C15H19BrN2O2/c16-15-7-13(18(19)20)6-5-12(15)8-17-9-14(10-1-2-10)11-3-4-11/h5-7,10-11,14,17H,1-4,8-9H2. The van der Waals surface area contributed by atoms with Crippen LogP contribution in [0.3, 0.4) is 0 Å². The first-order valence-electron chi connectivity index (χ1n) is 7.28. The maximum Gasteiger partial charge on any atom is 0.270 e. The zero-order valence-corrected chi connectivity index (χ0v) is 12.9. The van der Waals surface area contributed by atoms with Gasteiger partial charge in [0.1, 0.15) is 0 Å². The molecule has 2 aliphatic carbocycles. The Kier molecular flexibility index (Phi) is 4.08. The van der Waals surface area contributed by atoms with Crippen LogP contribution in [-0.2, 0) is 6.54 Å². The Labute approximate surface area is 127 Å². The Morgan fingerprint density at radius 2 is 1.95 bits per heavy atom. The van der Waals surface area contributed by atoms with E-state index in [0.29, 0.717) is 0 Å². The molecule has 0 heterocycles. The van der Waals surface area contributed by atoms with Crippen LogP contribution >= 0.6 is 15.9 Å². The lowest BCUT2D eigenvalue weighted by Gasteiger charge is -2.16. The number of nitrogens with zero attached hydrogens (tertiary/aromatic N) is 1. The van der Waals surface area contributed by atoms with Crippen LogP contribution in [0.25, 0.3) is 0 Å². The van der Waals surface area contributed by atoms with Gasteiger partial charge in [-0.05, 0) is 61.6 Å². The highest BCUT2D eigenvalue weighted by atomic mass is 79.9. The minimum Gasteiger partial charge on any atom is -0.312 e. The monoisotopic (exact) mass is 338 g/mol. The zero-order valence-electron chi connectivity index (χ0n) is 11.3. The summed E-state index contributed by atoms with van der Waals surface area (Å²) in [6.07, 6.45) is 5.63. The summed E-state index contributed by atoms with van der Waals surface area (Å²) < 4.78 is 0.814. The van der Waals surface area contributed by atoms with E-state index in [9.17, 15) is 10.1 Å². The molecule has 1 aromatic carbocycles. The van der Waals surface area contributed by atoms with Crippen LogP contribution < -0.4 is 5.32 Å². The van der Waals surface area contributed by atoms with Crippen LogP contribution in [0.4, 0.5) is 5.69 Å². The first-order chi connectivity index (χ1) is 9.65. The first-order valence-corrected chi connectivity index (χ1v) is 8.08. The van der Waals surface area contributed by atoms with Gasteiger partial charge in [-0.2, -0.15) is 0 Å². The number of nitrogens with one attached hydrogen (secondary N) is 1. The number of nitro groups is 1. The summed E-state index contributed by atoms with van der Waals surface area (Å²) in [7, 11) is 0. The number of non-ortho nitro benzene ring substituents is 1. The van der Waals surface area contributed by atoms with Gasteiger partial charge in [0.2, 0.25) is 0 Å². The van der Waals surface area contributed by atoms with Crippen molar-refractivity contribution in [2.24, 2.45) is 17.8 Å². The number of benzene rings is 1. The lowest BCUT2D eigenvalue weighted by Crippen LogP contribution is -2.25. The fourth-order valence-corrected chi connectivity index (χ4v) is 3.44. The van der Waals surface area contributed by atoms with E-state index < -0.39 is 0 Å². The average Bonchev–Trinajstić information content (AvgIpc) is 3.27. The van der Waals surface area contributed by atoms with E-state index in [2.05, 4.69) is 21.2 Å². The summed E-state index contributed by atoms with van der Waals surface area (Å²) in [5, 5.41) is 14.2. The molecule has 5 heteroatoms. The van der Waals surface area contributed by atoms with Crippen molar-refractivity contribution < 1.29 is 4.92 Å². The Morgan fingerprint density at radius 1 is 1.30 bits per heavy atom. The van der Waals surface area contributed by atoms with Gasteiger partial charge in [0, 0.05) is 23.2 Å². The molecule has 0 spiro atoms. The third-order valence-corrected chi connectivity index (χ3v) is 5.14. The van der Waals surface area contributed by atoms with E-state index in [1.165, 1.54) is 25.7 Å². The molecule has 2 aliphatic rings. The van der Waals surface area contributed by atoms with Gasteiger partial charge >= 0.3 is 0 Å². The molecule has 108 valence electrons. The summed E-state index contributed by atoms with van der Waals surface area (Å²) >= 11 is 3.42. The third kappa shape index (κ3) is 3.38. The predicted octanol–water partition coefficient (Wildman–Crippen LogP) is 3.88. The average molecular weight is 339 g/mol. The first kappa shape index (κ1) is 14.0. The summed E-state index contributed by atoms with van der Waals surface area (Å²) in [4.78, 5) is 10.3.